The molecule has 0 aromatic carbocycles. The van der Waals surface area contributed by atoms with E-state index in [1.165, 1.54) is 19.3 Å². The van der Waals surface area contributed by atoms with Crippen molar-refractivity contribution < 1.29 is 4.79 Å². The molecule has 1 amide bonds. The summed E-state index contributed by atoms with van der Waals surface area (Å²) in [7, 11) is 0. The van der Waals surface area contributed by atoms with Crippen LogP contribution < -0.4 is 0 Å². The maximum Gasteiger partial charge on any atom is 0.209 e. The first kappa shape index (κ1) is 11.2. The zero-order chi connectivity index (χ0) is 10.4. The maximum absolute atomic E-state index is 10.4. The topological polar surface area (TPSA) is 23.6 Å². The van der Waals surface area contributed by atoms with Crippen molar-refractivity contribution in [2.45, 2.75) is 25.3 Å². The van der Waals surface area contributed by atoms with E-state index >= 15 is 0 Å². The van der Waals surface area contributed by atoms with Gasteiger partial charge in [-0.15, -0.1) is 13.2 Å². The Hall–Kier alpha value is -0.830. The Morgan fingerprint density at radius 3 is 2.00 bits per heavy atom. The highest BCUT2D eigenvalue weighted by atomic mass is 16.1. The summed E-state index contributed by atoms with van der Waals surface area (Å²) in [6.45, 7) is 10.0. The molecule has 0 atom stereocenters. The summed E-state index contributed by atoms with van der Waals surface area (Å²) in [6.07, 6.45) is 5.12. The summed E-state index contributed by atoms with van der Waals surface area (Å²) in [5, 5.41) is 0. The first-order valence-corrected chi connectivity index (χ1v) is 5.33. The van der Waals surface area contributed by atoms with Gasteiger partial charge in [0.25, 0.3) is 0 Å². The summed E-state index contributed by atoms with van der Waals surface area (Å²) < 4.78 is 0. The van der Waals surface area contributed by atoms with Crippen LogP contribution in [0.25, 0.3) is 0 Å². The minimum absolute atomic E-state index is 0.846. The molecule has 3 heteroatoms. The highest BCUT2D eigenvalue weighted by molar-refractivity contribution is 5.47. The number of carbonyl (C=O) groups excluding carboxylic acids is 1. The van der Waals surface area contributed by atoms with E-state index in [9.17, 15) is 4.79 Å². The van der Waals surface area contributed by atoms with E-state index in [0.29, 0.717) is 0 Å². The van der Waals surface area contributed by atoms with E-state index in [-0.39, 0.29) is 0 Å². The van der Waals surface area contributed by atoms with Crippen molar-refractivity contribution in [3.8, 4) is 0 Å². The van der Waals surface area contributed by atoms with Gasteiger partial charge in [0.05, 0.1) is 0 Å². The van der Waals surface area contributed by atoms with E-state index in [1.54, 1.807) is 0 Å². The molecule has 0 N–H and O–H groups in total. The molecule has 1 aliphatic carbocycles. The van der Waals surface area contributed by atoms with E-state index in [2.05, 4.69) is 18.1 Å². The predicted molar refractivity (Wildman–Crippen MR) is 58.1 cm³/mol. The van der Waals surface area contributed by atoms with Crippen LogP contribution in [0.1, 0.15) is 19.3 Å². The quantitative estimate of drug-likeness (QED) is 0.488. The van der Waals surface area contributed by atoms with Crippen LogP contribution in [0, 0.1) is 0 Å². The fourth-order valence-electron chi connectivity index (χ4n) is 1.96. The SMILES string of the molecule is C=C.O=CN1CCN(C2CCC2)CC1. The third kappa shape index (κ3) is 2.58. The standard InChI is InChI=1S/C9H16N2O.C2H4/c12-8-10-4-6-11(7-5-10)9-2-1-3-9;1-2/h8-9H,1-7H2;1-2H2. The summed E-state index contributed by atoms with van der Waals surface area (Å²) in [4.78, 5) is 14.8. The van der Waals surface area contributed by atoms with Crippen molar-refractivity contribution in [2.24, 2.45) is 0 Å². The Kier molecular flexibility index (Phi) is 4.66. The molecule has 80 valence electrons. The molecule has 3 nitrogen and oxygen atoms in total. The number of nitrogens with zero attached hydrogens (tertiary/aromatic N) is 2. The van der Waals surface area contributed by atoms with E-state index in [0.717, 1.165) is 38.6 Å². The molecule has 2 fully saturated rings. The van der Waals surface area contributed by atoms with Crippen molar-refractivity contribution in [2.75, 3.05) is 26.2 Å². The Balaban J connectivity index is 0.000000461. The Labute approximate surface area is 86.4 Å². The van der Waals surface area contributed by atoms with Gasteiger partial charge in [-0.05, 0) is 12.8 Å². The number of piperazine rings is 1. The first-order valence-electron chi connectivity index (χ1n) is 5.33. The highest BCUT2D eigenvalue weighted by Crippen LogP contribution is 2.25. The number of hydrogen-bond donors (Lipinski definition) is 0. The highest BCUT2D eigenvalue weighted by Gasteiger charge is 2.27. The maximum atomic E-state index is 10.4. The van der Waals surface area contributed by atoms with Gasteiger partial charge >= 0.3 is 0 Å². The largest absolute Gasteiger partial charge is 0.343 e. The number of rotatable bonds is 2. The van der Waals surface area contributed by atoms with Crippen molar-refractivity contribution >= 4 is 6.41 Å². The van der Waals surface area contributed by atoms with Crippen LogP contribution in [0.5, 0.6) is 0 Å². The molecule has 0 radical (unpaired) electrons. The molecule has 0 spiro atoms. The molecule has 0 unspecified atom stereocenters. The van der Waals surface area contributed by atoms with Crippen LogP contribution >= 0.6 is 0 Å². The van der Waals surface area contributed by atoms with Crippen LogP contribution in [-0.4, -0.2) is 48.4 Å². The van der Waals surface area contributed by atoms with Crippen molar-refractivity contribution in [1.82, 2.24) is 9.80 Å². The van der Waals surface area contributed by atoms with Crippen molar-refractivity contribution in [3.63, 3.8) is 0 Å². The van der Waals surface area contributed by atoms with Crippen LogP contribution in [0.15, 0.2) is 13.2 Å². The molecule has 0 aromatic heterocycles. The lowest BCUT2D eigenvalue weighted by Gasteiger charge is -2.42. The molecule has 14 heavy (non-hydrogen) atoms. The summed E-state index contributed by atoms with van der Waals surface area (Å²) >= 11 is 0. The molecular weight excluding hydrogens is 176 g/mol. The smallest absolute Gasteiger partial charge is 0.209 e. The second-order valence-corrected chi connectivity index (χ2v) is 3.76. The zero-order valence-electron chi connectivity index (χ0n) is 8.82. The molecule has 1 saturated carbocycles. The molecule has 2 rings (SSSR count). The Morgan fingerprint density at radius 2 is 1.64 bits per heavy atom. The first-order chi connectivity index (χ1) is 6.90. The molecule has 1 heterocycles. The van der Waals surface area contributed by atoms with Crippen LogP contribution in [0.4, 0.5) is 0 Å². The lowest BCUT2D eigenvalue weighted by molar-refractivity contribution is -0.120. The fraction of sp³-hybridized carbons (Fsp3) is 0.727. The molecule has 0 aromatic rings. The Bertz CT molecular complexity index is 172. The van der Waals surface area contributed by atoms with Gasteiger partial charge in [-0.1, -0.05) is 6.42 Å². The second kappa shape index (κ2) is 5.81. The molecular formula is C11H20N2O. The van der Waals surface area contributed by atoms with E-state index in [1.807, 2.05) is 4.90 Å². The molecule has 1 saturated heterocycles. The predicted octanol–water partition coefficient (Wildman–Crippen LogP) is 1.12. The minimum atomic E-state index is 0.846. The van der Waals surface area contributed by atoms with Crippen molar-refractivity contribution in [1.29, 1.82) is 0 Å². The third-order valence-corrected chi connectivity index (χ3v) is 3.09. The average molecular weight is 196 g/mol. The van der Waals surface area contributed by atoms with Crippen LogP contribution in [0.3, 0.4) is 0 Å². The van der Waals surface area contributed by atoms with Gasteiger partial charge in [-0.2, -0.15) is 0 Å². The molecule has 0 bridgehead atoms. The van der Waals surface area contributed by atoms with Crippen LogP contribution in [0.2, 0.25) is 0 Å². The third-order valence-electron chi connectivity index (χ3n) is 3.09. The normalized spacial score (nSPS) is 23.3. The number of hydrogen-bond acceptors (Lipinski definition) is 2. The van der Waals surface area contributed by atoms with E-state index < -0.39 is 0 Å². The lowest BCUT2D eigenvalue weighted by atomic mass is 9.91. The van der Waals surface area contributed by atoms with Gasteiger partial charge < -0.3 is 4.90 Å². The van der Waals surface area contributed by atoms with Gasteiger partial charge in [0.2, 0.25) is 6.41 Å². The van der Waals surface area contributed by atoms with E-state index in [4.69, 9.17) is 0 Å². The fourth-order valence-corrected chi connectivity index (χ4v) is 1.96. The van der Waals surface area contributed by atoms with Gasteiger partial charge in [0, 0.05) is 32.2 Å². The number of amides is 1. The van der Waals surface area contributed by atoms with Gasteiger partial charge in [-0.25, -0.2) is 0 Å². The van der Waals surface area contributed by atoms with Gasteiger partial charge in [-0.3, -0.25) is 9.69 Å². The summed E-state index contributed by atoms with van der Waals surface area (Å²) in [5.74, 6) is 0. The van der Waals surface area contributed by atoms with Crippen LogP contribution in [-0.2, 0) is 4.79 Å². The second-order valence-electron chi connectivity index (χ2n) is 3.76. The summed E-state index contributed by atoms with van der Waals surface area (Å²) in [6, 6.07) is 0.846. The lowest BCUT2D eigenvalue weighted by Crippen LogP contribution is -2.51. The monoisotopic (exact) mass is 196 g/mol. The minimum Gasteiger partial charge on any atom is -0.343 e. The number of carbonyl (C=O) groups is 1. The van der Waals surface area contributed by atoms with Gasteiger partial charge in [0.15, 0.2) is 0 Å². The molecule has 2 aliphatic rings. The summed E-state index contributed by atoms with van der Waals surface area (Å²) in [5.41, 5.74) is 0. The average Bonchev–Trinajstić information content (AvgIpc) is 2.20. The Morgan fingerprint density at radius 1 is 1.07 bits per heavy atom. The zero-order valence-corrected chi connectivity index (χ0v) is 8.82. The molecule has 1 aliphatic heterocycles. The van der Waals surface area contributed by atoms with Gasteiger partial charge in [0.1, 0.15) is 0 Å². The van der Waals surface area contributed by atoms with Crippen molar-refractivity contribution in [3.05, 3.63) is 13.2 Å².